The van der Waals surface area contributed by atoms with Crippen LogP contribution in [0.4, 0.5) is 0 Å². The molecule has 4 fully saturated rings. The molecule has 0 aromatic heterocycles. The topological polar surface area (TPSA) is 223 Å². The van der Waals surface area contributed by atoms with Crippen LogP contribution in [0.3, 0.4) is 0 Å². The van der Waals surface area contributed by atoms with Crippen molar-refractivity contribution >= 4 is 47.8 Å². The van der Waals surface area contributed by atoms with Crippen LogP contribution < -0.4 is 0 Å². The van der Waals surface area contributed by atoms with E-state index in [4.69, 9.17) is 18.9 Å². The monoisotopic (exact) mass is 1050 g/mol. The number of hydrogen-bond acceptors (Lipinski definition) is 20. The Morgan fingerprint density at radius 1 is 0.270 bits per heavy atom. The van der Waals surface area contributed by atoms with Gasteiger partial charge in [0.2, 0.25) is 0 Å². The Balaban J connectivity index is 0.000000494. The third-order valence-electron chi connectivity index (χ3n) is 12.0. The Kier molecular flexibility index (Phi) is 41.5. The number of rotatable bonds is 26. The number of hydrogen-bond donors (Lipinski definition) is 0. The lowest BCUT2D eigenvalue weighted by molar-refractivity contribution is -0.139. The Morgan fingerprint density at radius 3 is 0.811 bits per heavy atom. The third kappa shape index (κ3) is 40.0. The summed E-state index contributed by atoms with van der Waals surface area (Å²) in [6.45, 7) is 14.8. The van der Waals surface area contributed by atoms with Crippen molar-refractivity contribution in [3.05, 3.63) is 48.6 Å². The molecule has 0 aromatic rings. The van der Waals surface area contributed by atoms with Crippen LogP contribution in [-0.2, 0) is 76.3 Å². The molecule has 0 spiro atoms. The predicted molar refractivity (Wildman–Crippen MR) is 277 cm³/mol. The predicted octanol–water partition coefficient (Wildman–Crippen LogP) is 5.32. The fourth-order valence-electron chi connectivity index (χ4n) is 7.87. The van der Waals surface area contributed by atoms with Gasteiger partial charge in [0.05, 0.1) is 48.3 Å². The van der Waals surface area contributed by atoms with Crippen molar-refractivity contribution in [1.82, 2.24) is 19.6 Å². The molecule has 20 heteroatoms. The van der Waals surface area contributed by atoms with E-state index in [1.165, 1.54) is 132 Å². The molecule has 20 nitrogen and oxygen atoms in total. The van der Waals surface area contributed by atoms with Gasteiger partial charge in [-0.05, 0) is 155 Å². The van der Waals surface area contributed by atoms with Gasteiger partial charge in [-0.3, -0.25) is 4.90 Å². The van der Waals surface area contributed by atoms with Crippen molar-refractivity contribution in [2.45, 2.75) is 116 Å². The Morgan fingerprint density at radius 2 is 0.500 bits per heavy atom. The normalized spacial score (nSPS) is 16.6. The summed E-state index contributed by atoms with van der Waals surface area (Å²) in [4.78, 5) is 97.4. The maximum absolute atomic E-state index is 11.2. The molecule has 0 aromatic carbocycles. The summed E-state index contributed by atoms with van der Waals surface area (Å²) >= 11 is 0. The van der Waals surface area contributed by atoms with E-state index in [0.717, 1.165) is 139 Å². The minimum Gasteiger partial charge on any atom is -0.466 e. The van der Waals surface area contributed by atoms with Gasteiger partial charge in [-0.1, -0.05) is 25.7 Å². The van der Waals surface area contributed by atoms with Crippen molar-refractivity contribution in [3.63, 3.8) is 0 Å². The summed E-state index contributed by atoms with van der Waals surface area (Å²) in [5.74, 6) is -4.22. The average molecular weight is 1050 g/mol. The fraction of sp³-hybridized carbons (Fsp3) is 0.704. The highest BCUT2D eigenvalue weighted by atomic mass is 16.6. The van der Waals surface area contributed by atoms with E-state index in [9.17, 15) is 38.4 Å². The largest absolute Gasteiger partial charge is 0.466 e. The van der Waals surface area contributed by atoms with E-state index in [2.05, 4.69) is 38.5 Å². The molecule has 74 heavy (non-hydrogen) atoms. The first-order chi connectivity index (χ1) is 35.9. The lowest BCUT2D eigenvalue weighted by Crippen LogP contribution is -2.33. The van der Waals surface area contributed by atoms with Gasteiger partial charge in [0.25, 0.3) is 0 Å². The van der Waals surface area contributed by atoms with Crippen LogP contribution in [0.25, 0.3) is 0 Å². The zero-order chi connectivity index (χ0) is 54.3. The highest BCUT2D eigenvalue weighted by Crippen LogP contribution is 2.12. The SMILES string of the molecule is COC(=O)/C=C/C(=O)OCCCCCN1CCCCC1.COC(=O)/C=C/C(=O)OCCCCN1CCCCC1.COC(=O)/C=C/C(=O)OCCCN1CCCCC1.COC(=O)/C=C/C(=O)OCCN1CCCCC1. The number of unbranched alkanes of at least 4 members (excludes halogenated alkanes) is 3. The van der Waals surface area contributed by atoms with Gasteiger partial charge in [-0.25, -0.2) is 38.4 Å². The molecule has 0 saturated carbocycles. The number of likely N-dealkylation sites (tertiary alicyclic amines) is 4. The van der Waals surface area contributed by atoms with Crippen molar-refractivity contribution in [2.24, 2.45) is 0 Å². The molecule has 0 amide bonds. The highest BCUT2D eigenvalue weighted by Gasteiger charge is 2.13. The number of nitrogens with zero attached hydrogens (tertiary/aromatic N) is 4. The molecule has 4 aliphatic heterocycles. The van der Waals surface area contributed by atoms with E-state index in [-0.39, 0.29) is 0 Å². The van der Waals surface area contributed by atoms with Gasteiger partial charge in [0.1, 0.15) is 6.61 Å². The van der Waals surface area contributed by atoms with Gasteiger partial charge >= 0.3 is 47.8 Å². The number of carbonyl (C=O) groups excluding carboxylic acids is 8. The van der Waals surface area contributed by atoms with E-state index >= 15 is 0 Å². The second kappa shape index (κ2) is 46.1. The van der Waals surface area contributed by atoms with E-state index < -0.39 is 47.8 Å². The first-order valence-corrected chi connectivity index (χ1v) is 26.5. The van der Waals surface area contributed by atoms with Gasteiger partial charge in [-0.2, -0.15) is 0 Å². The molecular weight excluding hydrogens is 961 g/mol. The van der Waals surface area contributed by atoms with Crippen LogP contribution in [0.5, 0.6) is 0 Å². The molecule has 0 radical (unpaired) electrons. The number of carbonyl (C=O) groups is 8. The van der Waals surface area contributed by atoms with Crippen LogP contribution in [0.1, 0.15) is 116 Å². The smallest absolute Gasteiger partial charge is 0.331 e. The van der Waals surface area contributed by atoms with E-state index in [0.29, 0.717) is 26.4 Å². The van der Waals surface area contributed by atoms with Crippen LogP contribution >= 0.6 is 0 Å². The zero-order valence-corrected chi connectivity index (χ0v) is 45.0. The van der Waals surface area contributed by atoms with E-state index in [1.807, 2.05) is 0 Å². The van der Waals surface area contributed by atoms with Crippen molar-refractivity contribution < 1.29 is 76.3 Å². The summed E-state index contributed by atoms with van der Waals surface area (Å²) in [5.41, 5.74) is 0. The van der Waals surface area contributed by atoms with Gasteiger partial charge in [-0.15, -0.1) is 0 Å². The van der Waals surface area contributed by atoms with Crippen LogP contribution in [0.15, 0.2) is 48.6 Å². The zero-order valence-electron chi connectivity index (χ0n) is 45.0. The van der Waals surface area contributed by atoms with Crippen molar-refractivity contribution in [3.8, 4) is 0 Å². The minimum atomic E-state index is -0.557. The summed E-state index contributed by atoms with van der Waals surface area (Å²) in [5, 5.41) is 0. The Bertz CT molecular complexity index is 1700. The number of methoxy groups -OCH3 is 4. The molecular formula is C54H88N4O16. The maximum Gasteiger partial charge on any atom is 0.331 e. The number of piperidine rings is 4. The molecule has 420 valence electrons. The maximum atomic E-state index is 11.2. The van der Waals surface area contributed by atoms with Crippen LogP contribution in [0, 0.1) is 0 Å². The first kappa shape index (κ1) is 66.6. The van der Waals surface area contributed by atoms with Crippen LogP contribution in [-0.4, -0.2) is 201 Å². The number of ether oxygens (including phenoxy) is 8. The molecule has 4 aliphatic rings. The molecule has 0 bridgehead atoms. The van der Waals surface area contributed by atoms with Gasteiger partial charge < -0.3 is 52.6 Å². The standard InChI is InChI=1S/C15H25NO4.C14H23NO4.C13H21NO4.C12H19NO4/c1-19-14(17)8-9-15(18)20-13-7-3-6-12-16-10-4-2-5-11-16;1-18-13(16)7-8-14(17)19-12-6-5-11-15-9-3-2-4-10-15;1-17-12(15)6-7-13(16)18-11-5-10-14-8-3-2-4-9-14;1-16-11(14)5-6-12(15)17-10-9-13-7-3-2-4-8-13/h8-9H,2-7,10-13H2,1H3;7-8H,2-6,9-12H2,1H3;6-7H,2-5,8-11H2,1H3;5-6H,2-4,7-10H2,1H3/b9-8+;8-7+;7-6+;6-5+. The van der Waals surface area contributed by atoms with Crippen molar-refractivity contribution in [2.75, 3.05) is 133 Å². The minimum absolute atomic E-state index is 0.365. The first-order valence-electron chi connectivity index (χ1n) is 26.5. The quantitative estimate of drug-likeness (QED) is 0.0463. The lowest BCUT2D eigenvalue weighted by atomic mass is 10.1. The molecule has 0 aliphatic carbocycles. The Labute approximate surface area is 440 Å². The summed E-state index contributed by atoms with van der Waals surface area (Å²) in [6.07, 6.45) is 30.0. The second-order valence-electron chi connectivity index (χ2n) is 17.8. The van der Waals surface area contributed by atoms with Gasteiger partial charge in [0.15, 0.2) is 0 Å². The molecule has 0 atom stereocenters. The van der Waals surface area contributed by atoms with E-state index in [1.54, 1.807) is 0 Å². The lowest BCUT2D eigenvalue weighted by Gasteiger charge is -2.26. The Hall–Kier alpha value is -5.44. The summed E-state index contributed by atoms with van der Waals surface area (Å²) in [6, 6.07) is 0. The van der Waals surface area contributed by atoms with Crippen LogP contribution in [0.2, 0.25) is 0 Å². The average Bonchev–Trinajstić information content (AvgIpc) is 3.43. The fourth-order valence-corrected chi connectivity index (χ4v) is 7.87. The van der Waals surface area contributed by atoms with Crippen molar-refractivity contribution in [1.29, 1.82) is 0 Å². The summed E-state index contributed by atoms with van der Waals surface area (Å²) < 4.78 is 37.4. The summed E-state index contributed by atoms with van der Waals surface area (Å²) in [7, 11) is 5.05. The molecule has 4 rings (SSSR count). The molecule has 4 saturated heterocycles. The highest BCUT2D eigenvalue weighted by molar-refractivity contribution is 5.93. The molecule has 0 N–H and O–H groups in total. The number of esters is 8. The molecule has 0 unspecified atom stereocenters. The van der Waals surface area contributed by atoms with Gasteiger partial charge in [0, 0.05) is 61.7 Å². The second-order valence-corrected chi connectivity index (χ2v) is 17.8. The molecule has 4 heterocycles. The third-order valence-corrected chi connectivity index (χ3v) is 12.0.